The number of aliphatic hydroxyl groups excluding tert-OH is 1. The molecule has 0 spiro atoms. The van der Waals surface area contributed by atoms with Crippen LogP contribution in [0.15, 0.2) is 97.6 Å². The van der Waals surface area contributed by atoms with E-state index < -0.39 is 6.10 Å². The number of benzene rings is 3. The van der Waals surface area contributed by atoms with Crippen molar-refractivity contribution in [2.45, 2.75) is 39.0 Å². The molecule has 0 aliphatic heterocycles. The van der Waals surface area contributed by atoms with Gasteiger partial charge in [-0.05, 0) is 37.5 Å². The summed E-state index contributed by atoms with van der Waals surface area (Å²) in [6.45, 7) is 7.69. The van der Waals surface area contributed by atoms with E-state index in [9.17, 15) is 5.11 Å². The molecule has 36 heavy (non-hydrogen) atoms. The smallest absolute Gasteiger partial charge is 0.222 e. The Hall–Kier alpha value is -3.67. The van der Waals surface area contributed by atoms with E-state index in [2.05, 4.69) is 42.7 Å². The molecule has 0 unspecified atom stereocenters. The standard InChI is InChI=1S/C31H35N3O2/c1-4-5-16-27(35)22-34(21-25-12-8-6-9-13-25)23-29-30(26-14-10-7-11-15-26)32-33(3)31(29)36-28-19-17-24(2)18-20-28/h4,6-15,17-20,27,35H,1,5,16,21-23H2,2-3H3/t27-/m1/s1. The maximum absolute atomic E-state index is 10.8. The molecule has 0 saturated carbocycles. The van der Waals surface area contributed by atoms with Crippen LogP contribution in [-0.2, 0) is 20.1 Å². The Morgan fingerprint density at radius 3 is 2.31 bits per heavy atom. The van der Waals surface area contributed by atoms with Gasteiger partial charge >= 0.3 is 0 Å². The molecule has 5 nitrogen and oxygen atoms in total. The number of aliphatic hydroxyl groups is 1. The van der Waals surface area contributed by atoms with E-state index in [4.69, 9.17) is 9.84 Å². The molecule has 4 rings (SSSR count). The minimum absolute atomic E-state index is 0.454. The van der Waals surface area contributed by atoms with E-state index >= 15 is 0 Å². The lowest BCUT2D eigenvalue weighted by molar-refractivity contribution is 0.0980. The monoisotopic (exact) mass is 481 g/mol. The third-order valence-corrected chi connectivity index (χ3v) is 6.17. The van der Waals surface area contributed by atoms with Gasteiger partial charge in [-0.2, -0.15) is 5.10 Å². The van der Waals surface area contributed by atoms with Gasteiger partial charge < -0.3 is 9.84 Å². The summed E-state index contributed by atoms with van der Waals surface area (Å²) in [6.07, 6.45) is 2.86. The zero-order valence-electron chi connectivity index (χ0n) is 21.2. The lowest BCUT2D eigenvalue weighted by atomic mass is 10.1. The number of allylic oxidation sites excluding steroid dienone is 1. The predicted octanol–water partition coefficient (Wildman–Crippen LogP) is 6.52. The Morgan fingerprint density at radius 1 is 0.972 bits per heavy atom. The molecule has 0 aliphatic carbocycles. The van der Waals surface area contributed by atoms with Gasteiger partial charge in [-0.1, -0.05) is 84.4 Å². The van der Waals surface area contributed by atoms with Crippen molar-refractivity contribution in [3.8, 4) is 22.9 Å². The molecule has 0 fully saturated rings. The largest absolute Gasteiger partial charge is 0.439 e. The van der Waals surface area contributed by atoms with Crippen molar-refractivity contribution in [1.82, 2.24) is 14.7 Å². The van der Waals surface area contributed by atoms with Gasteiger partial charge in [0.05, 0.1) is 11.7 Å². The van der Waals surface area contributed by atoms with Crippen LogP contribution in [0, 0.1) is 6.92 Å². The van der Waals surface area contributed by atoms with Crippen molar-refractivity contribution in [1.29, 1.82) is 0 Å². The Labute approximate surface area is 214 Å². The first-order valence-corrected chi connectivity index (χ1v) is 12.4. The maximum Gasteiger partial charge on any atom is 0.222 e. The van der Waals surface area contributed by atoms with E-state index in [1.54, 1.807) is 0 Å². The summed E-state index contributed by atoms with van der Waals surface area (Å²) in [6, 6.07) is 28.6. The van der Waals surface area contributed by atoms with Crippen LogP contribution in [0.3, 0.4) is 0 Å². The summed E-state index contributed by atoms with van der Waals surface area (Å²) in [5.41, 5.74) is 5.29. The number of nitrogens with zero attached hydrogens (tertiary/aromatic N) is 3. The maximum atomic E-state index is 10.8. The van der Waals surface area contributed by atoms with Crippen LogP contribution in [-0.4, -0.2) is 32.4 Å². The van der Waals surface area contributed by atoms with Crippen LogP contribution in [0.2, 0.25) is 0 Å². The second-order valence-electron chi connectivity index (χ2n) is 9.21. The molecule has 1 heterocycles. The van der Waals surface area contributed by atoms with Crippen molar-refractivity contribution >= 4 is 0 Å². The Morgan fingerprint density at radius 2 is 1.64 bits per heavy atom. The third kappa shape index (κ3) is 6.72. The zero-order valence-corrected chi connectivity index (χ0v) is 21.2. The molecule has 5 heteroatoms. The zero-order chi connectivity index (χ0) is 25.3. The van der Waals surface area contributed by atoms with E-state index in [0.29, 0.717) is 31.9 Å². The lowest BCUT2D eigenvalue weighted by Crippen LogP contribution is -2.32. The van der Waals surface area contributed by atoms with Crippen molar-refractivity contribution < 1.29 is 9.84 Å². The van der Waals surface area contributed by atoms with Gasteiger partial charge in [-0.15, -0.1) is 6.58 Å². The van der Waals surface area contributed by atoms with Crippen molar-refractivity contribution in [3.63, 3.8) is 0 Å². The van der Waals surface area contributed by atoms with Gasteiger partial charge in [0.1, 0.15) is 11.4 Å². The number of rotatable bonds is 12. The molecule has 0 aliphatic rings. The van der Waals surface area contributed by atoms with Gasteiger partial charge in [0, 0.05) is 32.2 Å². The Balaban J connectivity index is 1.71. The van der Waals surface area contributed by atoms with Crippen LogP contribution < -0.4 is 4.74 Å². The summed E-state index contributed by atoms with van der Waals surface area (Å²) in [5.74, 6) is 1.47. The van der Waals surface area contributed by atoms with Crippen LogP contribution in [0.5, 0.6) is 11.6 Å². The van der Waals surface area contributed by atoms with E-state index in [0.717, 1.165) is 29.0 Å². The fourth-order valence-corrected chi connectivity index (χ4v) is 4.32. The number of hydrogen-bond acceptors (Lipinski definition) is 4. The van der Waals surface area contributed by atoms with Crippen LogP contribution >= 0.6 is 0 Å². The van der Waals surface area contributed by atoms with Crippen molar-refractivity contribution in [3.05, 3.63) is 114 Å². The second kappa shape index (κ2) is 12.3. The first kappa shape index (κ1) is 25.4. The van der Waals surface area contributed by atoms with Crippen molar-refractivity contribution in [2.75, 3.05) is 6.54 Å². The normalized spacial score (nSPS) is 12.0. The molecule has 1 atom stereocenters. The molecule has 0 saturated heterocycles. The summed E-state index contributed by atoms with van der Waals surface area (Å²) < 4.78 is 8.23. The van der Waals surface area contributed by atoms with Gasteiger partial charge in [0.2, 0.25) is 5.88 Å². The molecule has 0 radical (unpaired) electrons. The highest BCUT2D eigenvalue weighted by molar-refractivity contribution is 5.65. The molecule has 0 amide bonds. The van der Waals surface area contributed by atoms with Crippen molar-refractivity contribution in [2.24, 2.45) is 7.05 Å². The average Bonchev–Trinajstić information content (AvgIpc) is 3.19. The first-order chi connectivity index (χ1) is 17.5. The van der Waals surface area contributed by atoms with E-state index in [-0.39, 0.29) is 0 Å². The molecule has 3 aromatic carbocycles. The summed E-state index contributed by atoms with van der Waals surface area (Å²) in [4.78, 5) is 2.27. The average molecular weight is 482 g/mol. The predicted molar refractivity (Wildman–Crippen MR) is 146 cm³/mol. The number of aryl methyl sites for hydroxylation is 2. The van der Waals surface area contributed by atoms with E-state index in [1.807, 2.05) is 78.5 Å². The summed E-state index contributed by atoms with van der Waals surface area (Å²) in [5, 5.41) is 15.7. The molecule has 0 bridgehead atoms. The van der Waals surface area contributed by atoms with E-state index in [1.165, 1.54) is 11.1 Å². The Bertz CT molecular complexity index is 1230. The van der Waals surface area contributed by atoms with Gasteiger partial charge in [0.25, 0.3) is 0 Å². The topological polar surface area (TPSA) is 50.5 Å². The minimum atomic E-state index is -0.454. The third-order valence-electron chi connectivity index (χ3n) is 6.17. The first-order valence-electron chi connectivity index (χ1n) is 12.4. The fourth-order valence-electron chi connectivity index (χ4n) is 4.32. The Kier molecular flexibility index (Phi) is 8.71. The molecule has 4 aromatic rings. The van der Waals surface area contributed by atoms with Gasteiger partial charge in [0.15, 0.2) is 0 Å². The highest BCUT2D eigenvalue weighted by Crippen LogP contribution is 2.34. The lowest BCUT2D eigenvalue weighted by Gasteiger charge is -2.26. The van der Waals surface area contributed by atoms with Gasteiger partial charge in [-0.25, -0.2) is 4.68 Å². The van der Waals surface area contributed by atoms with Crippen LogP contribution in [0.1, 0.15) is 29.5 Å². The van der Waals surface area contributed by atoms with Gasteiger partial charge in [-0.3, -0.25) is 4.90 Å². The van der Waals surface area contributed by atoms with Crippen LogP contribution in [0.25, 0.3) is 11.3 Å². The minimum Gasteiger partial charge on any atom is -0.439 e. The highest BCUT2D eigenvalue weighted by atomic mass is 16.5. The summed E-state index contributed by atoms with van der Waals surface area (Å²) in [7, 11) is 1.92. The summed E-state index contributed by atoms with van der Waals surface area (Å²) >= 11 is 0. The number of ether oxygens (including phenoxy) is 1. The second-order valence-corrected chi connectivity index (χ2v) is 9.21. The number of hydrogen-bond donors (Lipinski definition) is 1. The molecular formula is C31H35N3O2. The van der Waals surface area contributed by atoms with Crippen LogP contribution in [0.4, 0.5) is 0 Å². The molecule has 1 N–H and O–H groups in total. The molecule has 1 aromatic heterocycles. The molecule has 186 valence electrons. The quantitative estimate of drug-likeness (QED) is 0.234. The fraction of sp³-hybridized carbons (Fsp3) is 0.258. The SMILES string of the molecule is C=CCC[C@@H](O)CN(Cc1ccccc1)Cc1c(-c2ccccc2)nn(C)c1Oc1ccc(C)cc1. The molecular weight excluding hydrogens is 446 g/mol. The number of aromatic nitrogens is 2. The highest BCUT2D eigenvalue weighted by Gasteiger charge is 2.23.